The maximum absolute atomic E-state index is 5.54. The normalized spacial score (nSPS) is 19.9. The number of fused-ring (bicyclic) bond motifs is 1. The fourth-order valence-corrected chi connectivity index (χ4v) is 2.84. The van der Waals surface area contributed by atoms with E-state index in [2.05, 4.69) is 22.8 Å². The van der Waals surface area contributed by atoms with Crippen LogP contribution in [0.2, 0.25) is 0 Å². The molecule has 1 saturated heterocycles. The molecule has 1 aromatic carbocycles. The van der Waals surface area contributed by atoms with Crippen LogP contribution in [0.5, 0.6) is 0 Å². The Hall–Kier alpha value is -1.32. The smallest absolute Gasteiger partial charge is 0.134 e. The summed E-state index contributed by atoms with van der Waals surface area (Å²) in [4.78, 5) is 0. The second-order valence-electron chi connectivity index (χ2n) is 5.37. The number of furan rings is 1. The molecule has 2 heterocycles. The van der Waals surface area contributed by atoms with Gasteiger partial charge in [0.2, 0.25) is 0 Å². The van der Waals surface area contributed by atoms with Crippen molar-refractivity contribution in [2.45, 2.75) is 38.3 Å². The summed E-state index contributed by atoms with van der Waals surface area (Å²) in [6.07, 6.45) is 7.14. The molecule has 1 aliphatic heterocycles. The van der Waals surface area contributed by atoms with Crippen molar-refractivity contribution in [2.75, 3.05) is 13.1 Å². The zero-order chi connectivity index (χ0) is 12.9. The van der Waals surface area contributed by atoms with E-state index in [4.69, 9.17) is 4.42 Å². The Morgan fingerprint density at radius 2 is 2.21 bits per heavy atom. The number of rotatable bonds is 5. The maximum atomic E-state index is 5.54. The van der Waals surface area contributed by atoms with E-state index in [1.807, 2.05) is 18.4 Å². The molecule has 1 aromatic heterocycles. The molecule has 0 amide bonds. The predicted octanol–water partition coefficient (Wildman–Crippen LogP) is 3.05. The molecule has 3 heteroatoms. The van der Waals surface area contributed by atoms with Crippen LogP contribution in [0.3, 0.4) is 0 Å². The lowest BCUT2D eigenvalue weighted by Gasteiger charge is -2.23. The molecule has 0 bridgehead atoms. The van der Waals surface area contributed by atoms with E-state index in [1.54, 1.807) is 0 Å². The second kappa shape index (κ2) is 6.22. The highest BCUT2D eigenvalue weighted by atomic mass is 16.3. The van der Waals surface area contributed by atoms with Gasteiger partial charge >= 0.3 is 0 Å². The van der Waals surface area contributed by atoms with E-state index in [1.165, 1.54) is 43.2 Å². The Bertz CT molecular complexity index is 514. The van der Waals surface area contributed by atoms with Gasteiger partial charge in [-0.25, -0.2) is 0 Å². The molecule has 0 aliphatic carbocycles. The monoisotopic (exact) mass is 258 g/mol. The van der Waals surface area contributed by atoms with Gasteiger partial charge < -0.3 is 15.1 Å². The zero-order valence-corrected chi connectivity index (χ0v) is 11.3. The van der Waals surface area contributed by atoms with E-state index in [-0.39, 0.29) is 0 Å². The highest BCUT2D eigenvalue weighted by Gasteiger charge is 2.11. The average molecular weight is 258 g/mol. The minimum atomic E-state index is 0.711. The molecule has 1 unspecified atom stereocenters. The predicted molar refractivity (Wildman–Crippen MR) is 78.2 cm³/mol. The second-order valence-corrected chi connectivity index (χ2v) is 5.37. The number of hydrogen-bond acceptors (Lipinski definition) is 3. The quantitative estimate of drug-likeness (QED) is 0.809. The summed E-state index contributed by atoms with van der Waals surface area (Å²) in [7, 11) is 0. The van der Waals surface area contributed by atoms with Gasteiger partial charge in [-0.1, -0.05) is 24.6 Å². The van der Waals surface area contributed by atoms with Crippen molar-refractivity contribution in [2.24, 2.45) is 0 Å². The van der Waals surface area contributed by atoms with E-state index < -0.39 is 0 Å². The van der Waals surface area contributed by atoms with Crippen molar-refractivity contribution < 1.29 is 4.42 Å². The van der Waals surface area contributed by atoms with Gasteiger partial charge in [0.15, 0.2) is 0 Å². The van der Waals surface area contributed by atoms with E-state index in [0.29, 0.717) is 6.04 Å². The van der Waals surface area contributed by atoms with Gasteiger partial charge in [-0.15, -0.1) is 0 Å². The number of piperidine rings is 1. The van der Waals surface area contributed by atoms with Crippen LogP contribution in [-0.4, -0.2) is 19.1 Å². The molecule has 1 aliphatic rings. The first-order valence-electron chi connectivity index (χ1n) is 7.33. The number of hydrogen-bond donors (Lipinski definition) is 2. The first-order chi connectivity index (χ1) is 9.43. The fraction of sp³-hybridized carbons (Fsp3) is 0.500. The minimum Gasteiger partial charge on any atom is -0.464 e. The third-order valence-corrected chi connectivity index (χ3v) is 3.96. The first-order valence-corrected chi connectivity index (χ1v) is 7.33. The van der Waals surface area contributed by atoms with Gasteiger partial charge in [0.05, 0.1) is 6.26 Å². The fourth-order valence-electron chi connectivity index (χ4n) is 2.84. The molecule has 2 N–H and O–H groups in total. The lowest BCUT2D eigenvalue weighted by atomic mass is 10.0. The minimum absolute atomic E-state index is 0.711. The molecule has 0 radical (unpaired) electrons. The Morgan fingerprint density at radius 1 is 1.26 bits per heavy atom. The number of nitrogens with one attached hydrogen (secondary N) is 2. The van der Waals surface area contributed by atoms with Crippen molar-refractivity contribution in [1.29, 1.82) is 0 Å². The zero-order valence-electron chi connectivity index (χ0n) is 11.3. The van der Waals surface area contributed by atoms with Crippen molar-refractivity contribution in [3.63, 3.8) is 0 Å². The third-order valence-electron chi connectivity index (χ3n) is 3.96. The molecule has 3 nitrogen and oxygen atoms in total. The van der Waals surface area contributed by atoms with Crippen LogP contribution in [0.15, 0.2) is 34.9 Å². The van der Waals surface area contributed by atoms with Crippen molar-refractivity contribution in [1.82, 2.24) is 10.6 Å². The summed E-state index contributed by atoms with van der Waals surface area (Å²) >= 11 is 0. The largest absolute Gasteiger partial charge is 0.464 e. The Balaban J connectivity index is 1.47. The lowest BCUT2D eigenvalue weighted by Crippen LogP contribution is -2.36. The summed E-state index contributed by atoms with van der Waals surface area (Å²) < 4.78 is 5.54. The van der Waals surface area contributed by atoms with E-state index >= 15 is 0 Å². The van der Waals surface area contributed by atoms with Gasteiger partial charge in [-0.3, -0.25) is 0 Å². The standard InChI is InChI=1S/C16H22N2O/c1-2-7-16-15(6-1)13(12-19-16)11-17-10-8-14-5-3-4-9-18-14/h1-2,6-7,12,14,17-18H,3-5,8-11H2. The third kappa shape index (κ3) is 3.17. The molecule has 1 atom stereocenters. The van der Waals surface area contributed by atoms with Crippen LogP contribution in [0, 0.1) is 0 Å². The Morgan fingerprint density at radius 3 is 3.11 bits per heavy atom. The maximum Gasteiger partial charge on any atom is 0.134 e. The molecule has 1 fully saturated rings. The first kappa shape index (κ1) is 12.7. The molecular formula is C16H22N2O. The molecule has 19 heavy (non-hydrogen) atoms. The van der Waals surface area contributed by atoms with Crippen molar-refractivity contribution >= 4 is 11.0 Å². The van der Waals surface area contributed by atoms with Gasteiger partial charge in [0, 0.05) is 23.5 Å². The highest BCUT2D eigenvalue weighted by Crippen LogP contribution is 2.20. The summed E-state index contributed by atoms with van der Waals surface area (Å²) in [6, 6.07) is 8.93. The molecular weight excluding hydrogens is 236 g/mol. The van der Waals surface area contributed by atoms with Crippen LogP contribution >= 0.6 is 0 Å². The van der Waals surface area contributed by atoms with Crippen molar-refractivity contribution in [3.05, 3.63) is 36.1 Å². The summed E-state index contributed by atoms with van der Waals surface area (Å²) in [6.45, 7) is 3.15. The van der Waals surface area contributed by atoms with Crippen LogP contribution in [0.1, 0.15) is 31.2 Å². The molecule has 0 saturated carbocycles. The van der Waals surface area contributed by atoms with Gasteiger partial charge in [-0.05, 0) is 38.4 Å². The molecule has 0 spiro atoms. The molecule has 102 valence electrons. The van der Waals surface area contributed by atoms with Crippen LogP contribution < -0.4 is 10.6 Å². The van der Waals surface area contributed by atoms with Gasteiger partial charge in [0.1, 0.15) is 5.58 Å². The average Bonchev–Trinajstić information content (AvgIpc) is 2.88. The SMILES string of the molecule is c1ccc2c(CNCCC3CCCCN3)coc2c1. The summed E-state index contributed by atoms with van der Waals surface area (Å²) in [5, 5.41) is 8.34. The van der Waals surface area contributed by atoms with E-state index in [0.717, 1.165) is 18.7 Å². The summed E-state index contributed by atoms with van der Waals surface area (Å²) in [5.74, 6) is 0. The summed E-state index contributed by atoms with van der Waals surface area (Å²) in [5.41, 5.74) is 2.24. The van der Waals surface area contributed by atoms with Crippen molar-refractivity contribution in [3.8, 4) is 0 Å². The van der Waals surface area contributed by atoms with Crippen LogP contribution in [0.25, 0.3) is 11.0 Å². The topological polar surface area (TPSA) is 37.2 Å². The highest BCUT2D eigenvalue weighted by molar-refractivity contribution is 5.80. The molecule has 3 rings (SSSR count). The number of para-hydroxylation sites is 1. The molecule has 2 aromatic rings. The van der Waals surface area contributed by atoms with Crippen LogP contribution in [0.4, 0.5) is 0 Å². The van der Waals surface area contributed by atoms with Crippen LogP contribution in [-0.2, 0) is 6.54 Å². The van der Waals surface area contributed by atoms with E-state index in [9.17, 15) is 0 Å². The van der Waals surface area contributed by atoms with Gasteiger partial charge in [0.25, 0.3) is 0 Å². The number of benzene rings is 1. The lowest BCUT2D eigenvalue weighted by molar-refractivity contribution is 0.376. The Kier molecular flexibility index (Phi) is 4.16. The Labute approximate surface area is 114 Å². The van der Waals surface area contributed by atoms with Gasteiger partial charge in [-0.2, -0.15) is 0 Å².